The molecule has 0 aromatic heterocycles. The Labute approximate surface area is 134 Å². The molecule has 1 unspecified atom stereocenters. The van der Waals surface area contributed by atoms with Gasteiger partial charge in [0.25, 0.3) is 0 Å². The predicted molar refractivity (Wildman–Crippen MR) is 96.8 cm³/mol. The Hall–Kier alpha value is 1.38. The minimum Gasteiger partial charge on any atom is -0.343 e. The highest BCUT2D eigenvalue weighted by Crippen LogP contribution is 2.37. The standard InChI is InChI=1S/C14H30ClOPS2/c1-3-4-5-7-10-13-18-19-14-11-8-6-9-12-16-17(2)15/h3-14H2,1-2H3. The fraction of sp³-hybridized carbons (Fsp3) is 1.00. The van der Waals surface area contributed by atoms with E-state index in [0.717, 1.165) is 13.0 Å². The molecule has 0 spiro atoms. The first-order valence-corrected chi connectivity index (χ1v) is 12.6. The molecule has 0 aromatic rings. The summed E-state index contributed by atoms with van der Waals surface area (Å²) >= 11 is 5.77. The molecular formula is C14H30ClOPS2. The van der Waals surface area contributed by atoms with Crippen LogP contribution in [0.1, 0.15) is 64.7 Å². The normalized spacial score (nSPS) is 12.8. The van der Waals surface area contributed by atoms with Crippen LogP contribution in [0.4, 0.5) is 0 Å². The van der Waals surface area contributed by atoms with E-state index in [4.69, 9.17) is 15.8 Å². The summed E-state index contributed by atoms with van der Waals surface area (Å²) in [7, 11) is 3.44. The van der Waals surface area contributed by atoms with Gasteiger partial charge in [0.1, 0.15) is 7.50 Å². The fourth-order valence-corrected chi connectivity index (χ4v) is 4.57. The maximum Gasteiger partial charge on any atom is 0.121 e. The van der Waals surface area contributed by atoms with Crippen LogP contribution in [0.2, 0.25) is 0 Å². The molecule has 0 N–H and O–H groups in total. The van der Waals surface area contributed by atoms with Crippen molar-refractivity contribution in [3.63, 3.8) is 0 Å². The molecule has 19 heavy (non-hydrogen) atoms. The van der Waals surface area contributed by atoms with E-state index in [2.05, 4.69) is 28.5 Å². The van der Waals surface area contributed by atoms with E-state index < -0.39 is 7.50 Å². The van der Waals surface area contributed by atoms with Crippen molar-refractivity contribution in [1.29, 1.82) is 0 Å². The topological polar surface area (TPSA) is 9.23 Å². The predicted octanol–water partition coefficient (Wildman–Crippen LogP) is 7.10. The first kappa shape index (κ1) is 20.4. The van der Waals surface area contributed by atoms with E-state index in [9.17, 15) is 0 Å². The van der Waals surface area contributed by atoms with E-state index in [-0.39, 0.29) is 0 Å². The zero-order valence-electron chi connectivity index (χ0n) is 12.5. The molecule has 1 atom stereocenters. The molecule has 0 aliphatic rings. The maximum atomic E-state index is 5.77. The van der Waals surface area contributed by atoms with E-state index in [0.29, 0.717) is 0 Å². The molecule has 0 fully saturated rings. The van der Waals surface area contributed by atoms with Gasteiger partial charge in [-0.05, 0) is 25.9 Å². The average molecular weight is 345 g/mol. The number of halogens is 1. The highest BCUT2D eigenvalue weighted by molar-refractivity contribution is 8.76. The van der Waals surface area contributed by atoms with Crippen LogP contribution >= 0.6 is 40.3 Å². The number of hydrogen-bond acceptors (Lipinski definition) is 3. The largest absolute Gasteiger partial charge is 0.343 e. The van der Waals surface area contributed by atoms with E-state index in [1.54, 1.807) is 0 Å². The first-order chi connectivity index (χ1) is 9.27. The molecule has 0 radical (unpaired) electrons. The van der Waals surface area contributed by atoms with Gasteiger partial charge in [0.15, 0.2) is 0 Å². The summed E-state index contributed by atoms with van der Waals surface area (Å²) in [6, 6.07) is 0. The van der Waals surface area contributed by atoms with E-state index >= 15 is 0 Å². The van der Waals surface area contributed by atoms with Crippen molar-refractivity contribution in [1.82, 2.24) is 0 Å². The molecule has 5 heteroatoms. The molecule has 0 heterocycles. The van der Waals surface area contributed by atoms with Crippen LogP contribution in [-0.4, -0.2) is 24.8 Å². The second kappa shape index (κ2) is 17.4. The minimum atomic E-state index is -0.676. The van der Waals surface area contributed by atoms with Crippen molar-refractivity contribution in [3.05, 3.63) is 0 Å². The molecule has 116 valence electrons. The van der Waals surface area contributed by atoms with Crippen molar-refractivity contribution in [2.24, 2.45) is 0 Å². The van der Waals surface area contributed by atoms with Gasteiger partial charge in [-0.2, -0.15) is 0 Å². The Morgan fingerprint density at radius 3 is 1.89 bits per heavy atom. The molecule has 0 aliphatic carbocycles. The first-order valence-electron chi connectivity index (χ1n) is 7.54. The van der Waals surface area contributed by atoms with Gasteiger partial charge < -0.3 is 4.52 Å². The molecule has 0 bridgehead atoms. The van der Waals surface area contributed by atoms with Gasteiger partial charge >= 0.3 is 0 Å². The van der Waals surface area contributed by atoms with Crippen LogP contribution in [0.5, 0.6) is 0 Å². The molecule has 0 saturated carbocycles. The number of hydrogen-bond donors (Lipinski definition) is 0. The highest BCUT2D eigenvalue weighted by atomic mass is 35.7. The van der Waals surface area contributed by atoms with Gasteiger partial charge in [0.05, 0.1) is 6.61 Å². The van der Waals surface area contributed by atoms with Gasteiger partial charge in [-0.25, -0.2) is 0 Å². The summed E-state index contributed by atoms with van der Waals surface area (Å²) in [6.07, 6.45) is 12.1. The Balaban J connectivity index is 2.91. The van der Waals surface area contributed by atoms with Crippen molar-refractivity contribution < 1.29 is 4.52 Å². The van der Waals surface area contributed by atoms with Gasteiger partial charge in [-0.15, -0.1) is 0 Å². The highest BCUT2D eigenvalue weighted by Gasteiger charge is 1.96. The zero-order chi connectivity index (χ0) is 14.2. The molecule has 1 nitrogen and oxygen atoms in total. The summed E-state index contributed by atoms with van der Waals surface area (Å²) in [5.74, 6) is 2.63. The Morgan fingerprint density at radius 1 is 0.842 bits per heavy atom. The van der Waals surface area contributed by atoms with Gasteiger partial charge in [-0.3, -0.25) is 0 Å². The molecule has 0 aliphatic heterocycles. The molecule has 0 saturated heterocycles. The van der Waals surface area contributed by atoms with Crippen LogP contribution < -0.4 is 0 Å². The lowest BCUT2D eigenvalue weighted by Crippen LogP contribution is -1.88. The second-order valence-electron chi connectivity index (χ2n) is 4.73. The lowest BCUT2D eigenvalue weighted by atomic mass is 10.2. The van der Waals surface area contributed by atoms with Crippen LogP contribution in [0.25, 0.3) is 0 Å². The molecule has 0 aromatic carbocycles. The van der Waals surface area contributed by atoms with Crippen molar-refractivity contribution in [2.75, 3.05) is 24.8 Å². The van der Waals surface area contributed by atoms with Crippen molar-refractivity contribution >= 4 is 40.3 Å². The van der Waals surface area contributed by atoms with Crippen molar-refractivity contribution in [2.45, 2.75) is 64.7 Å². The minimum absolute atomic E-state index is 0.676. The van der Waals surface area contributed by atoms with Crippen LogP contribution in [-0.2, 0) is 4.52 Å². The van der Waals surface area contributed by atoms with Gasteiger partial charge in [-0.1, -0.05) is 78.3 Å². The summed E-state index contributed by atoms with van der Waals surface area (Å²) in [5.41, 5.74) is 0. The third-order valence-corrected chi connectivity index (χ3v) is 6.21. The number of unbranched alkanes of at least 4 members (excludes halogenated alkanes) is 7. The molecular weight excluding hydrogens is 315 g/mol. The maximum absolute atomic E-state index is 5.77. The third kappa shape index (κ3) is 19.4. The lowest BCUT2D eigenvalue weighted by Gasteiger charge is -2.05. The molecule has 0 amide bonds. The smallest absolute Gasteiger partial charge is 0.121 e. The van der Waals surface area contributed by atoms with Crippen molar-refractivity contribution in [3.8, 4) is 0 Å². The average Bonchev–Trinajstić information content (AvgIpc) is 2.39. The monoisotopic (exact) mass is 344 g/mol. The van der Waals surface area contributed by atoms with E-state index in [1.165, 1.54) is 62.9 Å². The second-order valence-corrected chi connectivity index (χ2v) is 9.96. The van der Waals surface area contributed by atoms with E-state index in [1.807, 2.05) is 6.66 Å². The van der Waals surface area contributed by atoms with Gasteiger partial charge in [0.2, 0.25) is 0 Å². The zero-order valence-corrected chi connectivity index (χ0v) is 15.8. The quantitative estimate of drug-likeness (QED) is 0.178. The SMILES string of the molecule is CCCCCCCSSCCCCCCOP(C)Cl. The Morgan fingerprint density at radius 2 is 1.37 bits per heavy atom. The Kier molecular flexibility index (Phi) is 18.7. The van der Waals surface area contributed by atoms with Crippen LogP contribution in [0.15, 0.2) is 0 Å². The van der Waals surface area contributed by atoms with Crippen LogP contribution in [0, 0.1) is 0 Å². The lowest BCUT2D eigenvalue weighted by molar-refractivity contribution is 0.345. The summed E-state index contributed by atoms with van der Waals surface area (Å²) in [5, 5.41) is 0. The third-order valence-electron chi connectivity index (χ3n) is 2.81. The van der Waals surface area contributed by atoms with Gasteiger partial charge in [0, 0.05) is 11.5 Å². The fourth-order valence-electron chi connectivity index (χ4n) is 1.69. The number of rotatable bonds is 15. The molecule has 0 rings (SSSR count). The Bertz CT molecular complexity index is 174. The summed E-state index contributed by atoms with van der Waals surface area (Å²) in [6.45, 7) is 5.05. The van der Waals surface area contributed by atoms with Crippen LogP contribution in [0.3, 0.4) is 0 Å². The summed E-state index contributed by atoms with van der Waals surface area (Å²) < 4.78 is 5.36. The summed E-state index contributed by atoms with van der Waals surface area (Å²) in [4.78, 5) is 0.